The Labute approximate surface area is 271 Å². The van der Waals surface area contributed by atoms with E-state index in [1.54, 1.807) is 32.6 Å². The monoisotopic (exact) mass is 639 g/mol. The molecule has 47 heavy (non-hydrogen) atoms. The number of imidazole rings is 1. The molecule has 1 saturated heterocycles. The summed E-state index contributed by atoms with van der Waals surface area (Å²) in [6.07, 6.45) is -0.755. The maximum atomic E-state index is 12.8. The number of aliphatic hydroxyl groups excluding tert-OH is 1. The largest absolute Gasteiger partial charge is 0.493 e. The van der Waals surface area contributed by atoms with E-state index in [9.17, 15) is 14.7 Å². The molecular weight excluding hydrogens is 602 g/mol. The van der Waals surface area contributed by atoms with Gasteiger partial charge in [-0.25, -0.2) is 4.98 Å². The molecule has 3 aromatic carbocycles. The minimum atomic E-state index is -1.19. The van der Waals surface area contributed by atoms with Gasteiger partial charge < -0.3 is 24.1 Å². The predicted molar refractivity (Wildman–Crippen MR) is 174 cm³/mol. The summed E-state index contributed by atoms with van der Waals surface area (Å²) in [5.74, 6) is 0.446. The van der Waals surface area contributed by atoms with Crippen LogP contribution in [0.4, 0.5) is 5.95 Å². The van der Waals surface area contributed by atoms with Crippen LogP contribution in [0.2, 0.25) is 0 Å². The van der Waals surface area contributed by atoms with Crippen LogP contribution < -0.4 is 20.3 Å². The quantitative estimate of drug-likeness (QED) is 0.179. The van der Waals surface area contributed by atoms with Crippen LogP contribution in [0.5, 0.6) is 11.5 Å². The number of fused-ring (bicyclic) bond motifs is 1. The first-order valence-electron chi connectivity index (χ1n) is 15.3. The highest BCUT2D eigenvalue weighted by Gasteiger charge is 2.44. The molecule has 5 aromatic rings. The smallest absolute Gasteiger partial charge is 0.280 e. The topological polar surface area (TPSA) is 150 Å². The Hall–Kier alpha value is -5.04. The van der Waals surface area contributed by atoms with Crippen LogP contribution in [0.3, 0.4) is 0 Å². The Morgan fingerprint density at radius 1 is 1.04 bits per heavy atom. The van der Waals surface area contributed by atoms with Gasteiger partial charge in [0.15, 0.2) is 22.7 Å². The Morgan fingerprint density at radius 3 is 2.34 bits per heavy atom. The third-order valence-electron chi connectivity index (χ3n) is 8.32. The Bertz CT molecular complexity index is 1870. The lowest BCUT2D eigenvalue weighted by Crippen LogP contribution is -2.38. The van der Waals surface area contributed by atoms with E-state index in [-0.39, 0.29) is 42.0 Å². The number of rotatable bonds is 11. The van der Waals surface area contributed by atoms with Crippen LogP contribution in [-0.4, -0.2) is 63.6 Å². The lowest BCUT2D eigenvalue weighted by atomic mass is 9.79. The number of carbonyl (C=O) groups excluding carboxylic acids is 1. The summed E-state index contributed by atoms with van der Waals surface area (Å²) >= 11 is 0. The highest BCUT2D eigenvalue weighted by molar-refractivity contribution is 5.91. The molecule has 1 aliphatic rings. The number of methoxy groups -OCH3 is 2. The Kier molecular flexibility index (Phi) is 9.08. The molecule has 6 rings (SSSR count). The molecule has 1 aliphatic heterocycles. The van der Waals surface area contributed by atoms with Crippen molar-refractivity contribution >= 4 is 23.0 Å². The van der Waals surface area contributed by atoms with Gasteiger partial charge >= 0.3 is 0 Å². The van der Waals surface area contributed by atoms with Crippen molar-refractivity contribution in [2.24, 2.45) is 5.92 Å². The summed E-state index contributed by atoms with van der Waals surface area (Å²) in [7, 11) is 3.17. The van der Waals surface area contributed by atoms with Gasteiger partial charge in [-0.1, -0.05) is 86.6 Å². The minimum absolute atomic E-state index is 0.00382. The standard InChI is InChI=1S/C35H37N5O7/c1-21(2)32(42)38-34-37-31-29(33(43)39-34)36-20-40(31)28-18-25(41)27(47-28)19-46-35(22-12-7-5-8-13-22,23-14-9-6-10-15-23)24-16-11-17-26(44-3)30(24)45-4/h5-17,20-21,25,27-28,41H,18-19H2,1-4H3,(H2,37,38,39,42,43)/t25-,27+,28+/m0/s1. The first kappa shape index (κ1) is 31.9. The normalized spacial score (nSPS) is 18.0. The highest BCUT2D eigenvalue weighted by Crippen LogP contribution is 2.48. The third-order valence-corrected chi connectivity index (χ3v) is 8.32. The number of aromatic nitrogens is 4. The summed E-state index contributed by atoms with van der Waals surface area (Å²) in [6, 6.07) is 25.2. The number of ether oxygens (including phenoxy) is 4. The highest BCUT2D eigenvalue weighted by atomic mass is 16.6. The number of carbonyl (C=O) groups is 1. The minimum Gasteiger partial charge on any atom is -0.493 e. The lowest BCUT2D eigenvalue weighted by Gasteiger charge is -2.38. The number of aromatic amines is 1. The number of nitrogens with one attached hydrogen (secondary N) is 2. The molecular formula is C35H37N5O7. The van der Waals surface area contributed by atoms with Crippen molar-refractivity contribution < 1.29 is 28.8 Å². The molecule has 0 saturated carbocycles. The molecule has 244 valence electrons. The number of benzene rings is 3. The molecule has 1 amide bonds. The number of aliphatic hydroxyl groups is 1. The maximum absolute atomic E-state index is 12.8. The Balaban J connectivity index is 1.36. The summed E-state index contributed by atoms with van der Waals surface area (Å²) in [6.45, 7) is 3.46. The van der Waals surface area contributed by atoms with Crippen LogP contribution in [-0.2, 0) is 19.9 Å². The maximum Gasteiger partial charge on any atom is 0.280 e. The van der Waals surface area contributed by atoms with E-state index < -0.39 is 29.6 Å². The van der Waals surface area contributed by atoms with Gasteiger partial charge in [-0.15, -0.1) is 0 Å². The van der Waals surface area contributed by atoms with E-state index in [0.29, 0.717) is 17.1 Å². The molecule has 3 N–H and O–H groups in total. The van der Waals surface area contributed by atoms with Crippen molar-refractivity contribution in [2.45, 2.75) is 44.3 Å². The average molecular weight is 640 g/mol. The molecule has 3 heterocycles. The summed E-state index contributed by atoms with van der Waals surface area (Å²) in [5, 5.41) is 13.9. The van der Waals surface area contributed by atoms with Crippen LogP contribution in [0.25, 0.3) is 11.2 Å². The van der Waals surface area contributed by atoms with Gasteiger partial charge in [0.2, 0.25) is 11.9 Å². The van der Waals surface area contributed by atoms with Crippen LogP contribution in [0.15, 0.2) is 90.0 Å². The molecule has 12 nitrogen and oxygen atoms in total. The molecule has 12 heteroatoms. The van der Waals surface area contributed by atoms with Gasteiger partial charge in [0.25, 0.3) is 5.56 Å². The SMILES string of the molecule is COc1cccc(C(OC[C@H]2O[C@@H](n3cnc4c(=O)[nH]c(NC(=O)C(C)C)nc43)C[C@@H]2O)(c2ccccc2)c2ccccc2)c1OC. The number of para-hydroxylation sites is 1. The number of amides is 1. The zero-order chi connectivity index (χ0) is 33.1. The molecule has 0 radical (unpaired) electrons. The van der Waals surface area contributed by atoms with Gasteiger partial charge in [0.05, 0.1) is 33.3 Å². The number of hydrogen-bond acceptors (Lipinski definition) is 9. The summed E-state index contributed by atoms with van der Waals surface area (Å²) in [4.78, 5) is 36.3. The zero-order valence-electron chi connectivity index (χ0n) is 26.5. The molecule has 3 atom stereocenters. The van der Waals surface area contributed by atoms with Crippen molar-refractivity contribution in [3.05, 3.63) is 112 Å². The molecule has 0 unspecified atom stereocenters. The second kappa shape index (κ2) is 13.4. The fourth-order valence-corrected chi connectivity index (χ4v) is 5.93. The summed E-state index contributed by atoms with van der Waals surface area (Å²) < 4.78 is 26.5. The van der Waals surface area contributed by atoms with E-state index in [0.717, 1.165) is 11.1 Å². The zero-order valence-corrected chi connectivity index (χ0v) is 26.5. The van der Waals surface area contributed by atoms with E-state index in [2.05, 4.69) is 20.3 Å². The molecule has 1 fully saturated rings. The van der Waals surface area contributed by atoms with Gasteiger partial charge in [-0.3, -0.25) is 24.5 Å². The second-order valence-electron chi connectivity index (χ2n) is 11.6. The fraction of sp³-hybridized carbons (Fsp3) is 0.314. The van der Waals surface area contributed by atoms with Crippen molar-refractivity contribution in [1.82, 2.24) is 19.5 Å². The van der Waals surface area contributed by atoms with Gasteiger partial charge in [-0.2, -0.15) is 4.98 Å². The van der Waals surface area contributed by atoms with Crippen LogP contribution in [0, 0.1) is 5.92 Å². The number of hydrogen-bond donors (Lipinski definition) is 3. The van der Waals surface area contributed by atoms with E-state index in [4.69, 9.17) is 18.9 Å². The number of anilines is 1. The van der Waals surface area contributed by atoms with Gasteiger partial charge in [0, 0.05) is 17.9 Å². The number of nitrogens with zero attached hydrogens (tertiary/aromatic N) is 3. The molecule has 0 bridgehead atoms. The fourth-order valence-electron chi connectivity index (χ4n) is 5.93. The van der Waals surface area contributed by atoms with E-state index in [1.165, 1.54) is 6.33 Å². The first-order valence-corrected chi connectivity index (χ1v) is 15.3. The van der Waals surface area contributed by atoms with E-state index in [1.807, 2.05) is 78.9 Å². The van der Waals surface area contributed by atoms with Crippen molar-refractivity contribution in [3.63, 3.8) is 0 Å². The van der Waals surface area contributed by atoms with Crippen molar-refractivity contribution in [2.75, 3.05) is 26.1 Å². The van der Waals surface area contributed by atoms with E-state index >= 15 is 0 Å². The van der Waals surface area contributed by atoms with Gasteiger partial charge in [-0.05, 0) is 17.2 Å². The van der Waals surface area contributed by atoms with Crippen molar-refractivity contribution in [3.8, 4) is 11.5 Å². The first-order chi connectivity index (χ1) is 22.8. The predicted octanol–water partition coefficient (Wildman–Crippen LogP) is 4.39. The summed E-state index contributed by atoms with van der Waals surface area (Å²) in [5.41, 5.74) is 0.987. The molecule has 2 aromatic heterocycles. The average Bonchev–Trinajstić information content (AvgIpc) is 3.69. The molecule has 0 aliphatic carbocycles. The second-order valence-corrected chi connectivity index (χ2v) is 11.6. The molecule has 0 spiro atoms. The lowest BCUT2D eigenvalue weighted by molar-refractivity contribution is -0.118. The van der Waals surface area contributed by atoms with Gasteiger partial charge in [0.1, 0.15) is 17.9 Å². The Morgan fingerprint density at radius 2 is 1.72 bits per heavy atom. The van der Waals surface area contributed by atoms with Crippen LogP contribution in [0.1, 0.15) is 43.2 Å². The van der Waals surface area contributed by atoms with Crippen molar-refractivity contribution in [1.29, 1.82) is 0 Å². The number of H-pyrrole nitrogens is 1. The third kappa shape index (κ3) is 5.98. The van der Waals surface area contributed by atoms with Crippen LogP contribution >= 0.6 is 0 Å².